The van der Waals surface area contributed by atoms with Crippen LogP contribution in [0.2, 0.25) is 0 Å². The third-order valence-corrected chi connectivity index (χ3v) is 3.06. The second-order valence-electron chi connectivity index (χ2n) is 4.46. The third-order valence-electron chi connectivity index (χ3n) is 3.06. The van der Waals surface area contributed by atoms with Gasteiger partial charge in [-0.3, -0.25) is 0 Å². The number of hydrogen-bond acceptors (Lipinski definition) is 1. The molecule has 3 nitrogen and oxygen atoms in total. The molecular weight excluding hydrogens is 238 g/mol. The fourth-order valence-electron chi connectivity index (χ4n) is 2.06. The van der Waals surface area contributed by atoms with Crippen molar-refractivity contribution in [3.8, 4) is 0 Å². The number of amides is 2. The second-order valence-corrected chi connectivity index (χ2v) is 4.46. The van der Waals surface area contributed by atoms with Gasteiger partial charge in [0.25, 0.3) is 0 Å². The zero-order chi connectivity index (χ0) is 13.0. The van der Waals surface area contributed by atoms with Crippen molar-refractivity contribution in [1.82, 2.24) is 4.90 Å². The van der Waals surface area contributed by atoms with E-state index in [9.17, 15) is 13.6 Å². The molecule has 0 aromatic heterocycles. The molecule has 0 bridgehead atoms. The normalized spacial score (nSPS) is 16.2. The van der Waals surface area contributed by atoms with Crippen molar-refractivity contribution in [3.05, 3.63) is 29.8 Å². The number of rotatable bonds is 1. The number of urea groups is 1. The maximum absolute atomic E-state index is 13.4. The average Bonchev–Trinajstić information content (AvgIpc) is 2.62. The number of nitrogens with one attached hydrogen (secondary N) is 1. The van der Waals surface area contributed by atoms with Crippen molar-refractivity contribution in [1.29, 1.82) is 0 Å². The summed E-state index contributed by atoms with van der Waals surface area (Å²) >= 11 is 0. The second kappa shape index (κ2) is 5.80. The molecule has 5 heteroatoms. The Hall–Kier alpha value is -1.65. The van der Waals surface area contributed by atoms with E-state index in [-0.39, 0.29) is 11.7 Å². The highest BCUT2D eigenvalue weighted by Gasteiger charge is 2.16. The van der Waals surface area contributed by atoms with Crippen molar-refractivity contribution in [2.75, 3.05) is 18.4 Å². The van der Waals surface area contributed by atoms with Gasteiger partial charge in [0.1, 0.15) is 11.6 Å². The Labute approximate surface area is 105 Å². The van der Waals surface area contributed by atoms with Gasteiger partial charge in [0.2, 0.25) is 0 Å². The number of carbonyl (C=O) groups excluding carboxylic acids is 1. The van der Waals surface area contributed by atoms with Crippen LogP contribution in [-0.2, 0) is 0 Å². The van der Waals surface area contributed by atoms with Crippen LogP contribution in [0.5, 0.6) is 0 Å². The molecule has 1 aromatic carbocycles. The third kappa shape index (κ3) is 3.18. The molecule has 0 spiro atoms. The van der Waals surface area contributed by atoms with E-state index in [0.29, 0.717) is 13.1 Å². The minimum absolute atomic E-state index is 0.107. The summed E-state index contributed by atoms with van der Waals surface area (Å²) in [5, 5.41) is 2.42. The van der Waals surface area contributed by atoms with Gasteiger partial charge in [-0.25, -0.2) is 13.6 Å². The molecule has 98 valence electrons. The van der Waals surface area contributed by atoms with Crippen LogP contribution in [0.3, 0.4) is 0 Å². The highest BCUT2D eigenvalue weighted by molar-refractivity contribution is 5.89. The first-order chi connectivity index (χ1) is 8.66. The Kier molecular flexibility index (Phi) is 4.12. The number of halogens is 2. The summed E-state index contributed by atoms with van der Waals surface area (Å²) in [6.07, 6.45) is 4.13. The summed E-state index contributed by atoms with van der Waals surface area (Å²) in [4.78, 5) is 13.6. The van der Waals surface area contributed by atoms with Crippen LogP contribution in [0, 0.1) is 11.6 Å². The Balaban J connectivity index is 2.03. The molecular formula is C13H16F2N2O. The fourth-order valence-corrected chi connectivity index (χ4v) is 2.06. The van der Waals surface area contributed by atoms with E-state index in [2.05, 4.69) is 5.32 Å². The number of nitrogens with zero attached hydrogens (tertiary/aromatic N) is 1. The molecule has 1 saturated heterocycles. The number of anilines is 1. The van der Waals surface area contributed by atoms with E-state index in [1.165, 1.54) is 0 Å². The van der Waals surface area contributed by atoms with E-state index in [0.717, 1.165) is 43.9 Å². The van der Waals surface area contributed by atoms with Gasteiger partial charge in [-0.1, -0.05) is 12.8 Å². The molecule has 1 fully saturated rings. The molecule has 1 N–H and O–H groups in total. The minimum Gasteiger partial charge on any atom is -0.325 e. The highest BCUT2D eigenvalue weighted by atomic mass is 19.1. The van der Waals surface area contributed by atoms with Gasteiger partial charge in [0.15, 0.2) is 0 Å². The molecule has 2 rings (SSSR count). The quantitative estimate of drug-likeness (QED) is 0.818. The van der Waals surface area contributed by atoms with Gasteiger partial charge in [0.05, 0.1) is 5.69 Å². The molecule has 0 saturated carbocycles. The predicted octanol–water partition coefficient (Wildman–Crippen LogP) is 3.37. The maximum Gasteiger partial charge on any atom is 0.321 e. The van der Waals surface area contributed by atoms with Gasteiger partial charge in [-0.15, -0.1) is 0 Å². The SMILES string of the molecule is O=C(Nc1cc(F)ccc1F)N1CCCCCC1. The van der Waals surface area contributed by atoms with Crippen LogP contribution < -0.4 is 5.32 Å². The minimum atomic E-state index is -0.625. The van der Waals surface area contributed by atoms with Crippen molar-refractivity contribution in [2.24, 2.45) is 0 Å². The molecule has 0 unspecified atom stereocenters. The van der Waals surface area contributed by atoms with Crippen molar-refractivity contribution in [3.63, 3.8) is 0 Å². The van der Waals surface area contributed by atoms with Crippen LogP contribution in [0.4, 0.5) is 19.3 Å². The molecule has 1 aliphatic heterocycles. The predicted molar refractivity (Wildman–Crippen MR) is 65.4 cm³/mol. The lowest BCUT2D eigenvalue weighted by Crippen LogP contribution is -2.35. The molecule has 18 heavy (non-hydrogen) atoms. The topological polar surface area (TPSA) is 32.3 Å². The molecule has 0 atom stereocenters. The first-order valence-electron chi connectivity index (χ1n) is 6.18. The molecule has 1 heterocycles. The Bertz CT molecular complexity index is 429. The van der Waals surface area contributed by atoms with Crippen LogP contribution in [0.25, 0.3) is 0 Å². The molecule has 2 amide bonds. The zero-order valence-electron chi connectivity index (χ0n) is 10.1. The van der Waals surface area contributed by atoms with E-state index < -0.39 is 11.6 Å². The largest absolute Gasteiger partial charge is 0.325 e. The maximum atomic E-state index is 13.4. The molecule has 0 aliphatic carbocycles. The summed E-state index contributed by atoms with van der Waals surface area (Å²) in [5.74, 6) is -1.19. The van der Waals surface area contributed by atoms with E-state index in [1.807, 2.05) is 0 Å². The Morgan fingerprint density at radius 3 is 2.44 bits per heavy atom. The van der Waals surface area contributed by atoms with Crippen LogP contribution in [0.1, 0.15) is 25.7 Å². The molecule has 0 radical (unpaired) electrons. The van der Waals surface area contributed by atoms with Crippen LogP contribution >= 0.6 is 0 Å². The molecule has 1 aliphatic rings. The summed E-state index contributed by atoms with van der Waals surface area (Å²) in [6, 6.07) is 2.66. The van der Waals surface area contributed by atoms with Crippen molar-refractivity contribution < 1.29 is 13.6 Å². The lowest BCUT2D eigenvalue weighted by atomic mass is 10.2. The van der Waals surface area contributed by atoms with E-state index in [1.54, 1.807) is 4.90 Å². The summed E-state index contributed by atoms with van der Waals surface area (Å²) in [7, 11) is 0. The summed E-state index contributed by atoms with van der Waals surface area (Å²) in [6.45, 7) is 1.34. The lowest BCUT2D eigenvalue weighted by Gasteiger charge is -2.20. The number of benzene rings is 1. The van der Waals surface area contributed by atoms with Crippen LogP contribution in [0.15, 0.2) is 18.2 Å². The van der Waals surface area contributed by atoms with Gasteiger partial charge < -0.3 is 10.2 Å². The van der Waals surface area contributed by atoms with Crippen molar-refractivity contribution in [2.45, 2.75) is 25.7 Å². The molecule has 1 aromatic rings. The van der Waals surface area contributed by atoms with Gasteiger partial charge in [-0.2, -0.15) is 0 Å². The summed E-state index contributed by atoms with van der Waals surface area (Å²) in [5.41, 5.74) is -0.107. The van der Waals surface area contributed by atoms with Gasteiger partial charge in [0, 0.05) is 19.2 Å². The Morgan fingerprint density at radius 2 is 1.78 bits per heavy atom. The first-order valence-corrected chi connectivity index (χ1v) is 6.18. The lowest BCUT2D eigenvalue weighted by molar-refractivity contribution is 0.213. The Morgan fingerprint density at radius 1 is 1.11 bits per heavy atom. The number of carbonyl (C=O) groups is 1. The van der Waals surface area contributed by atoms with Crippen LogP contribution in [-0.4, -0.2) is 24.0 Å². The summed E-state index contributed by atoms with van der Waals surface area (Å²) < 4.78 is 26.4. The van der Waals surface area contributed by atoms with E-state index in [4.69, 9.17) is 0 Å². The monoisotopic (exact) mass is 254 g/mol. The number of likely N-dealkylation sites (tertiary alicyclic amines) is 1. The average molecular weight is 254 g/mol. The first kappa shape index (κ1) is 12.8. The van der Waals surface area contributed by atoms with Crippen molar-refractivity contribution >= 4 is 11.7 Å². The smallest absolute Gasteiger partial charge is 0.321 e. The van der Waals surface area contributed by atoms with E-state index >= 15 is 0 Å². The fraction of sp³-hybridized carbons (Fsp3) is 0.462. The highest BCUT2D eigenvalue weighted by Crippen LogP contribution is 2.17. The number of hydrogen-bond donors (Lipinski definition) is 1. The standard InChI is InChI=1S/C13H16F2N2O/c14-10-5-6-11(15)12(9-10)16-13(18)17-7-3-1-2-4-8-17/h5-6,9H,1-4,7-8H2,(H,16,18). The van der Waals surface area contributed by atoms with Gasteiger partial charge in [-0.05, 0) is 25.0 Å². The zero-order valence-corrected chi connectivity index (χ0v) is 10.1. The van der Waals surface area contributed by atoms with Gasteiger partial charge >= 0.3 is 6.03 Å².